The highest BCUT2D eigenvalue weighted by molar-refractivity contribution is 9.10. The van der Waals surface area contributed by atoms with Crippen molar-refractivity contribution in [3.8, 4) is 0 Å². The van der Waals surface area contributed by atoms with Crippen LogP contribution in [0.2, 0.25) is 0 Å². The molecule has 1 aromatic carbocycles. The number of hydrogen-bond donors (Lipinski definition) is 1. The Kier molecular flexibility index (Phi) is 5.81. The lowest BCUT2D eigenvalue weighted by atomic mass is 9.82. The molecule has 0 radical (unpaired) electrons. The molecule has 0 unspecified atom stereocenters. The summed E-state index contributed by atoms with van der Waals surface area (Å²) in [4.78, 5) is 0. The van der Waals surface area contributed by atoms with Crippen molar-refractivity contribution in [1.29, 1.82) is 0 Å². The summed E-state index contributed by atoms with van der Waals surface area (Å²) in [5, 5.41) is 0. The van der Waals surface area contributed by atoms with Gasteiger partial charge in [0.25, 0.3) is 0 Å². The summed E-state index contributed by atoms with van der Waals surface area (Å²) in [6.07, 6.45) is 6.71. The number of nitrogens with two attached hydrogens (primary N) is 1. The van der Waals surface area contributed by atoms with Crippen LogP contribution in [-0.4, -0.2) is 0 Å². The maximum atomic E-state index is 6.30. The first-order valence-corrected chi connectivity index (χ1v) is 6.58. The molecule has 1 fully saturated rings. The normalized spacial score (nSPS) is 18.9. The van der Waals surface area contributed by atoms with E-state index >= 15 is 0 Å². The molecule has 0 saturated heterocycles. The fourth-order valence-corrected chi connectivity index (χ4v) is 2.71. The minimum atomic E-state index is 0. The summed E-state index contributed by atoms with van der Waals surface area (Å²) < 4.78 is 1.13. The van der Waals surface area contributed by atoms with Crippen molar-refractivity contribution in [2.45, 2.75) is 38.1 Å². The van der Waals surface area contributed by atoms with Gasteiger partial charge < -0.3 is 5.73 Å². The van der Waals surface area contributed by atoms with Gasteiger partial charge in [-0.15, -0.1) is 12.4 Å². The molecule has 2 N–H and O–H groups in total. The van der Waals surface area contributed by atoms with Crippen LogP contribution in [0.4, 0.5) is 0 Å². The van der Waals surface area contributed by atoms with Crippen LogP contribution in [0.1, 0.15) is 43.7 Å². The van der Waals surface area contributed by atoms with Gasteiger partial charge in [0.05, 0.1) is 0 Å². The lowest BCUT2D eigenvalue weighted by molar-refractivity contribution is 0.308. The SMILES string of the molecule is Cl.N[C@H](c1ccc(Br)cc1)C1CCCCC1. The molecule has 3 heteroatoms. The topological polar surface area (TPSA) is 26.0 Å². The number of rotatable bonds is 2. The van der Waals surface area contributed by atoms with Crippen LogP contribution < -0.4 is 5.73 Å². The van der Waals surface area contributed by atoms with Gasteiger partial charge in [0.15, 0.2) is 0 Å². The van der Waals surface area contributed by atoms with Crippen LogP contribution in [0, 0.1) is 5.92 Å². The predicted molar refractivity (Wildman–Crippen MR) is 74.9 cm³/mol. The number of halogens is 2. The first-order chi connectivity index (χ1) is 7.27. The van der Waals surface area contributed by atoms with Crippen LogP contribution in [0.15, 0.2) is 28.7 Å². The van der Waals surface area contributed by atoms with E-state index < -0.39 is 0 Å². The second-order valence-corrected chi connectivity index (χ2v) is 5.39. The Morgan fingerprint density at radius 3 is 2.19 bits per heavy atom. The third-order valence-corrected chi connectivity index (χ3v) is 3.94. The first kappa shape index (κ1) is 14.0. The van der Waals surface area contributed by atoms with Gasteiger partial charge >= 0.3 is 0 Å². The van der Waals surface area contributed by atoms with Crippen molar-refractivity contribution in [3.05, 3.63) is 34.3 Å². The van der Waals surface area contributed by atoms with E-state index in [9.17, 15) is 0 Å². The monoisotopic (exact) mass is 303 g/mol. The van der Waals surface area contributed by atoms with E-state index in [2.05, 4.69) is 40.2 Å². The van der Waals surface area contributed by atoms with Gasteiger partial charge in [0, 0.05) is 10.5 Å². The van der Waals surface area contributed by atoms with E-state index in [1.807, 2.05) is 0 Å². The van der Waals surface area contributed by atoms with Crippen molar-refractivity contribution < 1.29 is 0 Å². The smallest absolute Gasteiger partial charge is 0.0323 e. The van der Waals surface area contributed by atoms with Crippen LogP contribution in [0.3, 0.4) is 0 Å². The van der Waals surface area contributed by atoms with Crippen molar-refractivity contribution in [3.63, 3.8) is 0 Å². The average Bonchev–Trinajstić information content (AvgIpc) is 2.30. The van der Waals surface area contributed by atoms with E-state index in [0.29, 0.717) is 5.92 Å². The van der Waals surface area contributed by atoms with Crippen molar-refractivity contribution in [2.24, 2.45) is 11.7 Å². The quantitative estimate of drug-likeness (QED) is 0.858. The molecule has 16 heavy (non-hydrogen) atoms. The Morgan fingerprint density at radius 2 is 1.62 bits per heavy atom. The first-order valence-electron chi connectivity index (χ1n) is 5.78. The van der Waals surface area contributed by atoms with Crippen LogP contribution in [-0.2, 0) is 0 Å². The standard InChI is InChI=1S/C13H18BrN.ClH/c14-12-8-6-11(7-9-12)13(15)10-4-2-1-3-5-10;/h6-10,13H,1-5,15H2;1H/t13-;/m0./s1. The molecule has 0 aromatic heterocycles. The van der Waals surface area contributed by atoms with Crippen molar-refractivity contribution >= 4 is 28.3 Å². The summed E-state index contributed by atoms with van der Waals surface area (Å²) in [6.45, 7) is 0. The highest BCUT2D eigenvalue weighted by atomic mass is 79.9. The summed E-state index contributed by atoms with van der Waals surface area (Å²) in [5.74, 6) is 0.694. The van der Waals surface area contributed by atoms with Gasteiger partial charge in [-0.3, -0.25) is 0 Å². The molecule has 1 aliphatic rings. The van der Waals surface area contributed by atoms with E-state index in [-0.39, 0.29) is 18.4 Å². The van der Waals surface area contributed by atoms with E-state index in [1.165, 1.54) is 37.7 Å². The van der Waals surface area contributed by atoms with Crippen LogP contribution in [0.25, 0.3) is 0 Å². The molecule has 1 saturated carbocycles. The van der Waals surface area contributed by atoms with E-state index in [1.54, 1.807) is 0 Å². The zero-order valence-corrected chi connectivity index (χ0v) is 11.8. The van der Waals surface area contributed by atoms with Crippen LogP contribution in [0.5, 0.6) is 0 Å². The maximum absolute atomic E-state index is 6.30. The maximum Gasteiger partial charge on any atom is 0.0323 e. The zero-order chi connectivity index (χ0) is 10.7. The summed E-state index contributed by atoms with van der Waals surface area (Å²) in [7, 11) is 0. The van der Waals surface area contributed by atoms with E-state index in [4.69, 9.17) is 5.73 Å². The third-order valence-electron chi connectivity index (χ3n) is 3.41. The molecule has 0 amide bonds. The minimum absolute atomic E-state index is 0. The van der Waals surface area contributed by atoms with Crippen molar-refractivity contribution in [1.82, 2.24) is 0 Å². The van der Waals surface area contributed by atoms with Crippen LogP contribution >= 0.6 is 28.3 Å². The highest BCUT2D eigenvalue weighted by Crippen LogP contribution is 2.33. The highest BCUT2D eigenvalue weighted by Gasteiger charge is 2.21. The molecule has 1 nitrogen and oxygen atoms in total. The third kappa shape index (κ3) is 3.47. The molecular formula is C13H19BrClN. The molecule has 2 rings (SSSR count). The minimum Gasteiger partial charge on any atom is -0.324 e. The lowest BCUT2D eigenvalue weighted by Crippen LogP contribution is -2.23. The molecule has 0 aliphatic heterocycles. The molecule has 90 valence electrons. The molecule has 0 heterocycles. The van der Waals surface area contributed by atoms with Gasteiger partial charge in [-0.25, -0.2) is 0 Å². The molecule has 1 aromatic rings. The Hall–Kier alpha value is -0.0500. The number of benzene rings is 1. The van der Waals surface area contributed by atoms with Gasteiger partial charge in [-0.2, -0.15) is 0 Å². The summed E-state index contributed by atoms with van der Waals surface area (Å²) in [5.41, 5.74) is 7.59. The van der Waals surface area contributed by atoms with Gasteiger partial charge in [0.2, 0.25) is 0 Å². The fourth-order valence-electron chi connectivity index (χ4n) is 2.45. The van der Waals surface area contributed by atoms with E-state index in [0.717, 1.165) is 4.47 Å². The summed E-state index contributed by atoms with van der Waals surface area (Å²) >= 11 is 3.45. The average molecular weight is 305 g/mol. The molecule has 0 spiro atoms. The lowest BCUT2D eigenvalue weighted by Gasteiger charge is -2.27. The van der Waals surface area contributed by atoms with Gasteiger partial charge in [-0.1, -0.05) is 47.3 Å². The Balaban J connectivity index is 0.00000128. The number of hydrogen-bond acceptors (Lipinski definition) is 1. The summed E-state index contributed by atoms with van der Waals surface area (Å²) in [6, 6.07) is 8.68. The molecule has 0 bridgehead atoms. The Morgan fingerprint density at radius 1 is 1.06 bits per heavy atom. The fraction of sp³-hybridized carbons (Fsp3) is 0.538. The Labute approximate surface area is 112 Å². The zero-order valence-electron chi connectivity index (χ0n) is 9.36. The predicted octanol–water partition coefficient (Wildman–Crippen LogP) is 4.45. The Bertz CT molecular complexity index is 306. The van der Waals surface area contributed by atoms with Gasteiger partial charge in [0.1, 0.15) is 0 Å². The van der Waals surface area contributed by atoms with Crippen molar-refractivity contribution in [2.75, 3.05) is 0 Å². The second kappa shape index (κ2) is 6.63. The molecular weight excluding hydrogens is 286 g/mol. The molecule has 1 atom stereocenters. The molecule has 1 aliphatic carbocycles. The second-order valence-electron chi connectivity index (χ2n) is 4.48. The largest absolute Gasteiger partial charge is 0.324 e. The van der Waals surface area contributed by atoms with Gasteiger partial charge in [-0.05, 0) is 36.5 Å².